The quantitative estimate of drug-likeness (QED) is 0.603. The summed E-state index contributed by atoms with van der Waals surface area (Å²) < 4.78 is 0. The minimum absolute atomic E-state index is 0.198. The highest BCUT2D eigenvalue weighted by Crippen LogP contribution is 2.09. The Bertz CT molecular complexity index is 106. The summed E-state index contributed by atoms with van der Waals surface area (Å²) in [7, 11) is 0. The Kier molecular flexibility index (Phi) is 6.03. The van der Waals surface area contributed by atoms with Gasteiger partial charge in [-0.2, -0.15) is 4.91 Å². The lowest BCUT2D eigenvalue weighted by atomic mass is 10.0. The number of nitroso groups, excluding NO2 is 1. The number of aliphatic hydroxyl groups excluding tert-OH is 1. The van der Waals surface area contributed by atoms with E-state index >= 15 is 0 Å². The molecule has 66 valence electrons. The summed E-state index contributed by atoms with van der Waals surface area (Å²) in [6, 6.07) is -0.198. The first-order valence-corrected chi connectivity index (χ1v) is 4.25. The van der Waals surface area contributed by atoms with Gasteiger partial charge >= 0.3 is 0 Å². The smallest absolute Gasteiger partial charge is 0.0941 e. The van der Waals surface area contributed by atoms with Gasteiger partial charge in [-0.3, -0.25) is 0 Å². The van der Waals surface area contributed by atoms with E-state index in [9.17, 15) is 10.0 Å². The Morgan fingerprint density at radius 1 is 1.45 bits per heavy atom. The molecule has 0 aromatic carbocycles. The van der Waals surface area contributed by atoms with Gasteiger partial charge in [0.2, 0.25) is 0 Å². The standard InChI is InChI=1S/C8H17NO2/c1-3-5-8(10)6-7(4-2)9-11/h7-8,10H,3-6H2,1-2H3. The zero-order valence-corrected chi connectivity index (χ0v) is 7.29. The van der Waals surface area contributed by atoms with Crippen LogP contribution in [-0.2, 0) is 0 Å². The van der Waals surface area contributed by atoms with Crippen LogP contribution in [-0.4, -0.2) is 17.3 Å². The van der Waals surface area contributed by atoms with Crippen molar-refractivity contribution in [3.63, 3.8) is 0 Å². The average Bonchev–Trinajstić information content (AvgIpc) is 2.01. The molecule has 2 unspecified atom stereocenters. The molecule has 0 fully saturated rings. The van der Waals surface area contributed by atoms with Crippen LogP contribution in [0.25, 0.3) is 0 Å². The van der Waals surface area contributed by atoms with Crippen LogP contribution in [0.4, 0.5) is 0 Å². The zero-order chi connectivity index (χ0) is 8.69. The predicted molar refractivity (Wildman–Crippen MR) is 45.4 cm³/mol. The van der Waals surface area contributed by atoms with Crippen LogP contribution < -0.4 is 0 Å². The highest BCUT2D eigenvalue weighted by atomic mass is 16.3. The molecule has 1 N–H and O–H groups in total. The van der Waals surface area contributed by atoms with E-state index in [1.807, 2.05) is 13.8 Å². The summed E-state index contributed by atoms with van der Waals surface area (Å²) in [5.74, 6) is 0. The fourth-order valence-electron chi connectivity index (χ4n) is 1.05. The number of aliphatic hydroxyl groups is 1. The van der Waals surface area contributed by atoms with Gasteiger partial charge in [0.05, 0.1) is 12.1 Å². The molecule has 0 aliphatic carbocycles. The van der Waals surface area contributed by atoms with Gasteiger partial charge < -0.3 is 5.11 Å². The third-order valence-electron chi connectivity index (χ3n) is 1.79. The zero-order valence-electron chi connectivity index (χ0n) is 7.29. The second kappa shape index (κ2) is 6.28. The fourth-order valence-corrected chi connectivity index (χ4v) is 1.05. The lowest BCUT2D eigenvalue weighted by Gasteiger charge is -2.11. The van der Waals surface area contributed by atoms with Crippen molar-refractivity contribution < 1.29 is 5.11 Å². The maximum Gasteiger partial charge on any atom is 0.0941 e. The number of rotatable bonds is 6. The molecule has 3 nitrogen and oxygen atoms in total. The molecule has 0 rings (SSSR count). The van der Waals surface area contributed by atoms with Crippen molar-refractivity contribution in [2.75, 3.05) is 0 Å². The van der Waals surface area contributed by atoms with Gasteiger partial charge in [-0.15, -0.1) is 0 Å². The van der Waals surface area contributed by atoms with Gasteiger partial charge in [0, 0.05) is 0 Å². The first kappa shape index (κ1) is 10.6. The lowest BCUT2D eigenvalue weighted by molar-refractivity contribution is 0.144. The summed E-state index contributed by atoms with van der Waals surface area (Å²) in [6.45, 7) is 3.92. The third-order valence-corrected chi connectivity index (χ3v) is 1.79. The third kappa shape index (κ3) is 4.90. The normalized spacial score (nSPS) is 15.9. The van der Waals surface area contributed by atoms with Crippen LogP contribution in [0.3, 0.4) is 0 Å². The highest BCUT2D eigenvalue weighted by molar-refractivity contribution is 4.68. The molecule has 11 heavy (non-hydrogen) atoms. The summed E-state index contributed by atoms with van der Waals surface area (Å²) in [4.78, 5) is 10.1. The molecular formula is C8H17NO2. The SMILES string of the molecule is CCCC(O)CC(CC)N=O. The monoisotopic (exact) mass is 159 g/mol. The van der Waals surface area contributed by atoms with Crippen molar-refractivity contribution in [2.24, 2.45) is 5.18 Å². The second-order valence-electron chi connectivity index (χ2n) is 2.85. The molecule has 0 heterocycles. The first-order chi connectivity index (χ1) is 5.24. The van der Waals surface area contributed by atoms with E-state index in [0.29, 0.717) is 6.42 Å². The Morgan fingerprint density at radius 2 is 2.09 bits per heavy atom. The molecule has 0 radical (unpaired) electrons. The molecule has 2 atom stereocenters. The van der Waals surface area contributed by atoms with Crippen LogP contribution in [0.15, 0.2) is 5.18 Å². The summed E-state index contributed by atoms with van der Waals surface area (Å²) in [6.07, 6.45) is 2.63. The van der Waals surface area contributed by atoms with Gasteiger partial charge in [-0.25, -0.2) is 0 Å². The summed E-state index contributed by atoms with van der Waals surface area (Å²) in [5, 5.41) is 12.2. The summed E-state index contributed by atoms with van der Waals surface area (Å²) >= 11 is 0. The second-order valence-corrected chi connectivity index (χ2v) is 2.85. The van der Waals surface area contributed by atoms with Crippen LogP contribution in [0.2, 0.25) is 0 Å². The van der Waals surface area contributed by atoms with Crippen molar-refractivity contribution in [3.8, 4) is 0 Å². The molecule has 0 aromatic heterocycles. The molecule has 0 spiro atoms. The Morgan fingerprint density at radius 3 is 2.45 bits per heavy atom. The Labute approximate surface area is 67.8 Å². The van der Waals surface area contributed by atoms with Crippen LogP contribution in [0.5, 0.6) is 0 Å². The fraction of sp³-hybridized carbons (Fsp3) is 1.00. The molecule has 3 heteroatoms. The molecule has 0 aliphatic heterocycles. The highest BCUT2D eigenvalue weighted by Gasteiger charge is 2.11. The number of nitrogens with zero attached hydrogens (tertiary/aromatic N) is 1. The molecule has 0 saturated heterocycles. The van der Waals surface area contributed by atoms with Crippen molar-refractivity contribution in [1.29, 1.82) is 0 Å². The van der Waals surface area contributed by atoms with Gasteiger partial charge in [-0.1, -0.05) is 25.4 Å². The minimum atomic E-state index is -0.345. The average molecular weight is 159 g/mol. The Hall–Kier alpha value is -0.440. The van der Waals surface area contributed by atoms with Crippen LogP contribution in [0, 0.1) is 4.91 Å². The molecule has 0 amide bonds. The van der Waals surface area contributed by atoms with Gasteiger partial charge in [0.1, 0.15) is 0 Å². The van der Waals surface area contributed by atoms with Crippen molar-refractivity contribution in [3.05, 3.63) is 4.91 Å². The predicted octanol–water partition coefficient (Wildman–Crippen LogP) is 2.08. The van der Waals surface area contributed by atoms with Crippen molar-refractivity contribution in [1.82, 2.24) is 0 Å². The van der Waals surface area contributed by atoms with Gasteiger partial charge in [0.15, 0.2) is 0 Å². The van der Waals surface area contributed by atoms with Crippen molar-refractivity contribution in [2.45, 2.75) is 51.7 Å². The number of hydrogen-bond acceptors (Lipinski definition) is 3. The molecule has 0 aliphatic rings. The first-order valence-electron chi connectivity index (χ1n) is 4.25. The maximum atomic E-state index is 10.1. The topological polar surface area (TPSA) is 49.7 Å². The lowest BCUT2D eigenvalue weighted by Crippen LogP contribution is -2.14. The van der Waals surface area contributed by atoms with E-state index in [2.05, 4.69) is 5.18 Å². The summed E-state index contributed by atoms with van der Waals surface area (Å²) in [5.41, 5.74) is 0. The van der Waals surface area contributed by atoms with Crippen LogP contribution >= 0.6 is 0 Å². The Balaban J connectivity index is 3.53. The maximum absolute atomic E-state index is 10.1. The van der Waals surface area contributed by atoms with Crippen molar-refractivity contribution >= 4 is 0 Å². The van der Waals surface area contributed by atoms with Gasteiger partial charge in [0.25, 0.3) is 0 Å². The molecule has 0 bridgehead atoms. The van der Waals surface area contributed by atoms with E-state index in [1.165, 1.54) is 0 Å². The number of hydrogen-bond donors (Lipinski definition) is 1. The van der Waals surface area contributed by atoms with E-state index in [1.54, 1.807) is 0 Å². The molecule has 0 saturated carbocycles. The van der Waals surface area contributed by atoms with Gasteiger partial charge in [-0.05, 0) is 19.3 Å². The van der Waals surface area contributed by atoms with E-state index in [4.69, 9.17) is 0 Å². The van der Waals surface area contributed by atoms with E-state index < -0.39 is 0 Å². The minimum Gasteiger partial charge on any atom is -0.393 e. The molecular weight excluding hydrogens is 142 g/mol. The molecule has 0 aromatic rings. The van der Waals surface area contributed by atoms with E-state index in [-0.39, 0.29) is 12.1 Å². The largest absolute Gasteiger partial charge is 0.393 e. The van der Waals surface area contributed by atoms with E-state index in [0.717, 1.165) is 19.3 Å². The van der Waals surface area contributed by atoms with Crippen LogP contribution in [0.1, 0.15) is 39.5 Å².